The highest BCUT2D eigenvalue weighted by atomic mass is 35.5. The normalized spacial score (nSPS) is 15.0. The Hall–Kier alpha value is -2.66. The Kier molecular flexibility index (Phi) is 5.18. The summed E-state index contributed by atoms with van der Waals surface area (Å²) < 4.78 is 11.0. The van der Waals surface area contributed by atoms with Crippen LogP contribution in [0.25, 0.3) is 11.0 Å². The zero-order chi connectivity index (χ0) is 19.7. The number of anilines is 1. The summed E-state index contributed by atoms with van der Waals surface area (Å²) >= 11 is 6.19. The molecule has 5 nitrogen and oxygen atoms in total. The molecule has 0 aliphatic carbocycles. The smallest absolute Gasteiger partial charge is 0.287 e. The average Bonchev–Trinajstić information content (AvgIpc) is 3.07. The molecule has 6 heteroatoms. The van der Waals surface area contributed by atoms with Crippen molar-refractivity contribution < 1.29 is 13.9 Å². The summed E-state index contributed by atoms with van der Waals surface area (Å²) in [5.74, 6) is 1.03. The molecule has 146 valence electrons. The zero-order valence-corrected chi connectivity index (χ0v) is 16.8. The number of rotatable bonds is 4. The SMILES string of the molecule is COc1ccc(N2CCC(NC(=O)c3oc4c(Cl)cccc4c3C)CC2)cc1. The van der Waals surface area contributed by atoms with E-state index in [9.17, 15) is 4.79 Å². The number of benzene rings is 2. The number of carbonyl (C=O) groups excluding carboxylic acids is 1. The zero-order valence-electron chi connectivity index (χ0n) is 16.0. The quantitative estimate of drug-likeness (QED) is 0.685. The van der Waals surface area contributed by atoms with E-state index in [0.29, 0.717) is 16.4 Å². The Bertz CT molecular complexity index is 989. The van der Waals surface area contributed by atoms with Gasteiger partial charge in [0.25, 0.3) is 5.91 Å². The van der Waals surface area contributed by atoms with E-state index in [1.54, 1.807) is 13.2 Å². The second-order valence-electron chi connectivity index (χ2n) is 7.11. The van der Waals surface area contributed by atoms with Crippen LogP contribution in [0.3, 0.4) is 0 Å². The molecule has 1 amide bonds. The lowest BCUT2D eigenvalue weighted by molar-refractivity contribution is 0.0904. The first-order chi connectivity index (χ1) is 13.6. The fourth-order valence-electron chi connectivity index (χ4n) is 3.75. The van der Waals surface area contributed by atoms with Crippen LogP contribution in [0.5, 0.6) is 5.75 Å². The maximum absolute atomic E-state index is 12.8. The molecule has 0 atom stereocenters. The van der Waals surface area contributed by atoms with E-state index in [4.69, 9.17) is 20.8 Å². The van der Waals surface area contributed by atoms with E-state index in [1.165, 1.54) is 5.69 Å². The van der Waals surface area contributed by atoms with Crippen molar-refractivity contribution in [3.05, 3.63) is 58.8 Å². The molecule has 2 heterocycles. The van der Waals surface area contributed by atoms with Crippen LogP contribution in [0, 0.1) is 6.92 Å². The van der Waals surface area contributed by atoms with Gasteiger partial charge in [-0.3, -0.25) is 4.79 Å². The third kappa shape index (κ3) is 3.54. The molecule has 0 spiro atoms. The first-order valence-corrected chi connectivity index (χ1v) is 9.82. The first-order valence-electron chi connectivity index (χ1n) is 9.44. The third-order valence-corrected chi connectivity index (χ3v) is 5.69. The molecule has 1 aliphatic heterocycles. The highest BCUT2D eigenvalue weighted by Gasteiger charge is 2.25. The van der Waals surface area contributed by atoms with E-state index >= 15 is 0 Å². The van der Waals surface area contributed by atoms with Gasteiger partial charge in [0.15, 0.2) is 11.3 Å². The number of fused-ring (bicyclic) bond motifs is 1. The number of halogens is 1. The lowest BCUT2D eigenvalue weighted by atomic mass is 10.0. The van der Waals surface area contributed by atoms with Crippen LogP contribution in [0.2, 0.25) is 5.02 Å². The van der Waals surface area contributed by atoms with Crippen LogP contribution in [0.1, 0.15) is 29.0 Å². The predicted molar refractivity (Wildman–Crippen MR) is 112 cm³/mol. The van der Waals surface area contributed by atoms with Crippen LogP contribution in [-0.4, -0.2) is 32.1 Å². The van der Waals surface area contributed by atoms with Gasteiger partial charge in [0, 0.05) is 35.8 Å². The molecule has 1 N–H and O–H groups in total. The van der Waals surface area contributed by atoms with Crippen LogP contribution in [-0.2, 0) is 0 Å². The number of ether oxygens (including phenoxy) is 1. The van der Waals surface area contributed by atoms with Crippen LogP contribution in [0.4, 0.5) is 5.69 Å². The standard InChI is InChI=1S/C22H23ClN2O3/c1-14-18-4-3-5-19(23)21(18)28-20(14)22(26)24-15-10-12-25(13-11-15)16-6-8-17(27-2)9-7-16/h3-9,15H,10-13H2,1-2H3,(H,24,26). The fourth-order valence-corrected chi connectivity index (χ4v) is 3.96. The summed E-state index contributed by atoms with van der Waals surface area (Å²) in [5, 5.41) is 4.53. The summed E-state index contributed by atoms with van der Waals surface area (Å²) in [6.45, 7) is 3.67. The van der Waals surface area contributed by atoms with Crippen molar-refractivity contribution in [3.8, 4) is 5.75 Å². The molecule has 1 aliphatic rings. The van der Waals surface area contributed by atoms with Crippen LogP contribution >= 0.6 is 11.6 Å². The van der Waals surface area contributed by atoms with E-state index in [-0.39, 0.29) is 11.9 Å². The van der Waals surface area contributed by atoms with Crippen molar-refractivity contribution in [2.45, 2.75) is 25.8 Å². The number of amides is 1. The molecule has 0 unspecified atom stereocenters. The Morgan fingerprint density at radius 2 is 1.89 bits per heavy atom. The van der Waals surface area contributed by atoms with Gasteiger partial charge in [-0.2, -0.15) is 0 Å². The molecule has 0 radical (unpaired) electrons. The van der Waals surface area contributed by atoms with Crippen molar-refractivity contribution >= 4 is 34.2 Å². The van der Waals surface area contributed by atoms with Crippen molar-refractivity contribution in [2.24, 2.45) is 0 Å². The number of piperidine rings is 1. The van der Waals surface area contributed by atoms with Gasteiger partial charge >= 0.3 is 0 Å². The minimum atomic E-state index is -0.173. The molecular weight excluding hydrogens is 376 g/mol. The Labute approximate surface area is 169 Å². The summed E-state index contributed by atoms with van der Waals surface area (Å²) in [6, 6.07) is 13.8. The Morgan fingerprint density at radius 1 is 1.18 bits per heavy atom. The molecule has 3 aromatic rings. The van der Waals surface area contributed by atoms with Gasteiger partial charge in [-0.1, -0.05) is 23.7 Å². The first kappa shape index (κ1) is 18.7. The molecule has 1 aromatic heterocycles. The molecule has 0 saturated carbocycles. The number of methoxy groups -OCH3 is 1. The molecule has 0 bridgehead atoms. The van der Waals surface area contributed by atoms with Crippen molar-refractivity contribution in [1.29, 1.82) is 0 Å². The van der Waals surface area contributed by atoms with E-state index in [0.717, 1.165) is 42.6 Å². The highest BCUT2D eigenvalue weighted by Crippen LogP contribution is 2.31. The van der Waals surface area contributed by atoms with E-state index < -0.39 is 0 Å². The third-order valence-electron chi connectivity index (χ3n) is 5.39. The van der Waals surface area contributed by atoms with Gasteiger partial charge in [0.05, 0.1) is 12.1 Å². The second-order valence-corrected chi connectivity index (χ2v) is 7.51. The summed E-state index contributed by atoms with van der Waals surface area (Å²) in [4.78, 5) is 15.1. The van der Waals surface area contributed by atoms with Gasteiger partial charge in [-0.05, 0) is 50.1 Å². The molecular formula is C22H23ClN2O3. The molecule has 28 heavy (non-hydrogen) atoms. The minimum Gasteiger partial charge on any atom is -0.497 e. The second kappa shape index (κ2) is 7.76. The number of hydrogen-bond acceptors (Lipinski definition) is 4. The number of nitrogens with zero attached hydrogens (tertiary/aromatic N) is 1. The Morgan fingerprint density at radius 3 is 2.54 bits per heavy atom. The van der Waals surface area contributed by atoms with Gasteiger partial charge in [-0.15, -0.1) is 0 Å². The maximum atomic E-state index is 12.8. The fraction of sp³-hybridized carbons (Fsp3) is 0.318. The molecule has 4 rings (SSSR count). The van der Waals surface area contributed by atoms with Gasteiger partial charge < -0.3 is 19.4 Å². The number of para-hydroxylation sites is 1. The number of nitrogens with one attached hydrogen (secondary N) is 1. The van der Waals surface area contributed by atoms with Crippen molar-refractivity contribution in [1.82, 2.24) is 5.32 Å². The number of carbonyl (C=O) groups is 1. The summed E-state index contributed by atoms with van der Waals surface area (Å²) in [7, 11) is 1.67. The van der Waals surface area contributed by atoms with Crippen LogP contribution in [0.15, 0.2) is 46.9 Å². The van der Waals surface area contributed by atoms with Gasteiger partial charge in [0.1, 0.15) is 5.75 Å². The minimum absolute atomic E-state index is 0.130. The average molecular weight is 399 g/mol. The molecule has 1 fully saturated rings. The molecule has 2 aromatic carbocycles. The maximum Gasteiger partial charge on any atom is 0.287 e. The molecule has 1 saturated heterocycles. The predicted octanol–water partition coefficient (Wildman–Crippen LogP) is 4.80. The summed E-state index contributed by atoms with van der Waals surface area (Å²) in [6.07, 6.45) is 1.77. The summed E-state index contributed by atoms with van der Waals surface area (Å²) in [5.41, 5.74) is 2.57. The van der Waals surface area contributed by atoms with Crippen molar-refractivity contribution in [3.63, 3.8) is 0 Å². The van der Waals surface area contributed by atoms with Crippen molar-refractivity contribution in [2.75, 3.05) is 25.1 Å². The van der Waals surface area contributed by atoms with Gasteiger partial charge in [0.2, 0.25) is 0 Å². The van der Waals surface area contributed by atoms with Crippen LogP contribution < -0.4 is 15.0 Å². The van der Waals surface area contributed by atoms with Gasteiger partial charge in [-0.25, -0.2) is 0 Å². The van der Waals surface area contributed by atoms with E-state index in [2.05, 4.69) is 22.3 Å². The number of furan rings is 1. The van der Waals surface area contributed by atoms with E-state index in [1.807, 2.05) is 31.2 Å². The lowest BCUT2D eigenvalue weighted by Crippen LogP contribution is -2.44. The lowest BCUT2D eigenvalue weighted by Gasteiger charge is -2.33. The Balaban J connectivity index is 1.40. The monoisotopic (exact) mass is 398 g/mol. The number of aryl methyl sites for hydroxylation is 1. The largest absolute Gasteiger partial charge is 0.497 e. The highest BCUT2D eigenvalue weighted by molar-refractivity contribution is 6.35. The topological polar surface area (TPSA) is 54.7 Å². The number of hydrogen-bond donors (Lipinski definition) is 1.